The summed E-state index contributed by atoms with van der Waals surface area (Å²) in [7, 11) is 0. The number of aliphatic carboxylic acids is 1. The van der Waals surface area contributed by atoms with Crippen LogP contribution in [-0.4, -0.2) is 23.0 Å². The molecule has 0 unspecified atom stereocenters. The quantitative estimate of drug-likeness (QED) is 0.678. The minimum Gasteiger partial charge on any atom is -0.480 e. The van der Waals surface area contributed by atoms with E-state index < -0.39 is 12.0 Å². The minimum atomic E-state index is -1.01. The van der Waals surface area contributed by atoms with E-state index in [-0.39, 0.29) is 12.3 Å². The highest BCUT2D eigenvalue weighted by Crippen LogP contribution is 2.15. The molecule has 0 bridgehead atoms. The first-order valence-electron chi connectivity index (χ1n) is 5.21. The minimum absolute atomic E-state index is 0.202. The Kier molecular flexibility index (Phi) is 3.09. The van der Waals surface area contributed by atoms with Crippen LogP contribution in [0.3, 0.4) is 0 Å². The summed E-state index contributed by atoms with van der Waals surface area (Å²) in [5.41, 5.74) is 1.30. The molecule has 0 radical (unpaired) electrons. The Bertz CT molecular complexity index is 468. The molecule has 0 aromatic heterocycles. The molecule has 1 aliphatic rings. The highest BCUT2D eigenvalue weighted by molar-refractivity contribution is 6.00. The van der Waals surface area contributed by atoms with Crippen LogP contribution in [0.4, 0.5) is 5.69 Å². The van der Waals surface area contributed by atoms with Gasteiger partial charge in [-0.3, -0.25) is 4.79 Å². The van der Waals surface area contributed by atoms with Gasteiger partial charge in [0.05, 0.1) is 0 Å². The molecule has 17 heavy (non-hydrogen) atoms. The fraction of sp³-hybridized carbons (Fsp3) is 0.167. The lowest BCUT2D eigenvalue weighted by Gasteiger charge is -2.00. The summed E-state index contributed by atoms with van der Waals surface area (Å²) >= 11 is 0. The van der Waals surface area contributed by atoms with Gasteiger partial charge in [-0.1, -0.05) is 18.2 Å². The average molecular weight is 232 g/mol. The molecule has 1 aromatic rings. The van der Waals surface area contributed by atoms with Gasteiger partial charge >= 0.3 is 5.97 Å². The van der Waals surface area contributed by atoms with Gasteiger partial charge in [0.15, 0.2) is 0 Å². The van der Waals surface area contributed by atoms with E-state index in [2.05, 4.69) is 10.6 Å². The van der Waals surface area contributed by atoms with Crippen LogP contribution in [0.1, 0.15) is 6.42 Å². The number of carbonyl (C=O) groups is 2. The van der Waals surface area contributed by atoms with Gasteiger partial charge in [-0.2, -0.15) is 0 Å². The molecule has 1 amide bonds. The van der Waals surface area contributed by atoms with E-state index in [4.69, 9.17) is 5.11 Å². The molecule has 1 aliphatic heterocycles. The van der Waals surface area contributed by atoms with Crippen molar-refractivity contribution in [3.8, 4) is 0 Å². The number of anilines is 1. The molecule has 0 spiro atoms. The van der Waals surface area contributed by atoms with Crippen molar-refractivity contribution in [1.29, 1.82) is 0 Å². The highest BCUT2D eigenvalue weighted by Gasteiger charge is 2.31. The first-order valence-corrected chi connectivity index (χ1v) is 5.21. The van der Waals surface area contributed by atoms with E-state index in [0.717, 1.165) is 5.69 Å². The molecule has 1 fully saturated rings. The molecule has 0 saturated carbocycles. The van der Waals surface area contributed by atoms with E-state index >= 15 is 0 Å². The molecule has 88 valence electrons. The largest absolute Gasteiger partial charge is 0.480 e. The maximum atomic E-state index is 11.4. The fourth-order valence-electron chi connectivity index (χ4n) is 1.59. The predicted octanol–water partition coefficient (Wildman–Crippen LogP) is 0.955. The number of carbonyl (C=O) groups excluding carboxylic acids is 1. The number of amides is 1. The highest BCUT2D eigenvalue weighted by atomic mass is 16.4. The molecule has 5 heteroatoms. The summed E-state index contributed by atoms with van der Waals surface area (Å²) in [6.45, 7) is 0. The number of rotatable bonds is 3. The molecule has 1 heterocycles. The molecule has 1 aromatic carbocycles. The predicted molar refractivity (Wildman–Crippen MR) is 62.3 cm³/mol. The van der Waals surface area contributed by atoms with E-state index in [9.17, 15) is 9.59 Å². The van der Waals surface area contributed by atoms with Crippen LogP contribution in [0, 0.1) is 0 Å². The Labute approximate surface area is 98.1 Å². The molecule has 1 saturated heterocycles. The number of hydrogen-bond acceptors (Lipinski definition) is 3. The number of nitrogens with one attached hydrogen (secondary N) is 2. The second-order valence-corrected chi connectivity index (χ2v) is 3.75. The number of carboxylic acid groups (broad SMARTS) is 1. The zero-order valence-corrected chi connectivity index (χ0v) is 9.01. The van der Waals surface area contributed by atoms with Gasteiger partial charge in [0.1, 0.15) is 6.04 Å². The van der Waals surface area contributed by atoms with Crippen molar-refractivity contribution < 1.29 is 14.7 Å². The van der Waals surface area contributed by atoms with Gasteiger partial charge < -0.3 is 15.7 Å². The molecular formula is C12H12N2O3. The summed E-state index contributed by atoms with van der Waals surface area (Å²) in [6.07, 6.45) is 1.75. The summed E-state index contributed by atoms with van der Waals surface area (Å²) in [5, 5.41) is 14.1. The monoisotopic (exact) mass is 232 g/mol. The van der Waals surface area contributed by atoms with E-state index in [1.165, 1.54) is 0 Å². The van der Waals surface area contributed by atoms with Crippen molar-refractivity contribution in [2.24, 2.45) is 0 Å². The second-order valence-electron chi connectivity index (χ2n) is 3.75. The Balaban J connectivity index is 2.04. The number of para-hydroxylation sites is 1. The van der Waals surface area contributed by atoms with Crippen molar-refractivity contribution in [2.75, 3.05) is 5.32 Å². The Morgan fingerprint density at radius 3 is 2.71 bits per heavy atom. The maximum absolute atomic E-state index is 11.4. The van der Waals surface area contributed by atoms with E-state index in [1.807, 2.05) is 30.3 Å². The van der Waals surface area contributed by atoms with Crippen molar-refractivity contribution in [3.63, 3.8) is 0 Å². The molecule has 2 rings (SSSR count). The number of hydrogen-bond donors (Lipinski definition) is 3. The number of carboxylic acids is 1. The second kappa shape index (κ2) is 4.69. The molecule has 3 N–H and O–H groups in total. The smallest absolute Gasteiger partial charge is 0.326 e. The van der Waals surface area contributed by atoms with E-state index in [0.29, 0.717) is 5.57 Å². The Morgan fingerprint density at radius 2 is 2.12 bits per heavy atom. The lowest BCUT2D eigenvalue weighted by molar-refractivity contribution is -0.140. The van der Waals surface area contributed by atoms with Crippen LogP contribution in [-0.2, 0) is 9.59 Å². The Morgan fingerprint density at radius 1 is 1.41 bits per heavy atom. The topological polar surface area (TPSA) is 78.4 Å². The Hall–Kier alpha value is -2.30. The standard InChI is InChI=1S/C12H12N2O3/c15-11-8(6-10(14-11)12(16)17)7-13-9-4-2-1-3-5-9/h1-5,7,10,13H,6H2,(H,14,15)(H,16,17)/b8-7+/t10-/m0/s1. The molecule has 1 atom stereocenters. The summed E-state index contributed by atoms with van der Waals surface area (Å²) < 4.78 is 0. The van der Waals surface area contributed by atoms with E-state index in [1.54, 1.807) is 6.20 Å². The third-order valence-electron chi connectivity index (χ3n) is 2.51. The van der Waals surface area contributed by atoms with Gasteiger partial charge in [0.2, 0.25) is 5.91 Å². The van der Waals surface area contributed by atoms with Crippen molar-refractivity contribution in [1.82, 2.24) is 5.32 Å². The van der Waals surface area contributed by atoms with Crippen LogP contribution in [0.15, 0.2) is 42.1 Å². The van der Waals surface area contributed by atoms with Gasteiger partial charge in [-0.15, -0.1) is 0 Å². The van der Waals surface area contributed by atoms with Gasteiger partial charge in [0.25, 0.3) is 0 Å². The van der Waals surface area contributed by atoms with Gasteiger partial charge in [-0.25, -0.2) is 4.79 Å². The normalized spacial score (nSPS) is 21.3. The zero-order valence-electron chi connectivity index (χ0n) is 9.01. The van der Waals surface area contributed by atoms with Crippen molar-refractivity contribution in [3.05, 3.63) is 42.1 Å². The van der Waals surface area contributed by atoms with Gasteiger partial charge in [-0.05, 0) is 12.1 Å². The fourth-order valence-corrected chi connectivity index (χ4v) is 1.59. The summed E-state index contributed by atoms with van der Waals surface area (Å²) in [6, 6.07) is 8.54. The summed E-state index contributed by atoms with van der Waals surface area (Å²) in [4.78, 5) is 22.1. The van der Waals surface area contributed by atoms with Crippen molar-refractivity contribution in [2.45, 2.75) is 12.5 Å². The third-order valence-corrected chi connectivity index (χ3v) is 2.51. The lowest BCUT2D eigenvalue weighted by Crippen LogP contribution is -2.32. The average Bonchev–Trinajstić information content (AvgIpc) is 2.70. The van der Waals surface area contributed by atoms with Crippen LogP contribution in [0.2, 0.25) is 0 Å². The van der Waals surface area contributed by atoms with Gasteiger partial charge in [0, 0.05) is 23.9 Å². The molecule has 0 aliphatic carbocycles. The van der Waals surface area contributed by atoms with Crippen LogP contribution in [0.25, 0.3) is 0 Å². The first kappa shape index (κ1) is 11.2. The van der Waals surface area contributed by atoms with Crippen LogP contribution < -0.4 is 10.6 Å². The lowest BCUT2D eigenvalue weighted by atomic mass is 10.1. The zero-order chi connectivity index (χ0) is 12.3. The van der Waals surface area contributed by atoms with Crippen LogP contribution >= 0.6 is 0 Å². The molecule has 5 nitrogen and oxygen atoms in total. The maximum Gasteiger partial charge on any atom is 0.326 e. The SMILES string of the molecule is O=C1N[C@H](C(=O)O)C/C1=C\Nc1ccccc1. The van der Waals surface area contributed by atoms with Crippen LogP contribution in [0.5, 0.6) is 0 Å². The molecular weight excluding hydrogens is 220 g/mol. The number of benzene rings is 1. The third kappa shape index (κ3) is 2.63. The summed E-state index contributed by atoms with van der Waals surface area (Å²) in [5.74, 6) is -1.35. The first-order chi connectivity index (χ1) is 8.16. The van der Waals surface area contributed by atoms with Crippen molar-refractivity contribution >= 4 is 17.6 Å².